The molecule has 0 aliphatic carbocycles. The number of aromatic amines is 1. The fraction of sp³-hybridized carbons (Fsp3) is 0.231. The SMILES string of the molecule is COC(=O)COCc1cc(Nc2ccc(CCCc3c[nH]c4ccccc34)cc2)ccn1. The number of rotatable bonds is 10. The lowest BCUT2D eigenvalue weighted by atomic mass is 10.0. The predicted molar refractivity (Wildman–Crippen MR) is 126 cm³/mol. The predicted octanol–water partition coefficient (Wildman–Crippen LogP) is 5.17. The molecule has 6 nitrogen and oxygen atoms in total. The molecule has 0 aliphatic heterocycles. The summed E-state index contributed by atoms with van der Waals surface area (Å²) in [7, 11) is 1.34. The van der Waals surface area contributed by atoms with Crippen molar-refractivity contribution in [2.24, 2.45) is 0 Å². The number of hydrogen-bond donors (Lipinski definition) is 2. The van der Waals surface area contributed by atoms with E-state index in [9.17, 15) is 4.79 Å². The molecule has 2 aromatic carbocycles. The van der Waals surface area contributed by atoms with Gasteiger partial charge < -0.3 is 19.8 Å². The molecular weight excluding hydrogens is 402 g/mol. The number of methoxy groups -OCH3 is 1. The van der Waals surface area contributed by atoms with Crippen LogP contribution in [0.2, 0.25) is 0 Å². The van der Waals surface area contributed by atoms with Crippen LogP contribution in [-0.4, -0.2) is 29.7 Å². The number of H-pyrrole nitrogens is 1. The molecule has 0 atom stereocenters. The first-order valence-electron chi connectivity index (χ1n) is 10.7. The summed E-state index contributed by atoms with van der Waals surface area (Å²) in [5, 5.41) is 4.71. The maximum atomic E-state index is 11.1. The van der Waals surface area contributed by atoms with E-state index >= 15 is 0 Å². The Kier molecular flexibility index (Phi) is 7.15. The second kappa shape index (κ2) is 10.6. The van der Waals surface area contributed by atoms with Gasteiger partial charge in [0, 0.05) is 34.7 Å². The zero-order valence-corrected chi connectivity index (χ0v) is 18.1. The van der Waals surface area contributed by atoms with Gasteiger partial charge in [0.1, 0.15) is 6.61 Å². The largest absolute Gasteiger partial charge is 0.467 e. The normalized spacial score (nSPS) is 10.9. The van der Waals surface area contributed by atoms with Gasteiger partial charge in [-0.3, -0.25) is 4.98 Å². The summed E-state index contributed by atoms with van der Waals surface area (Å²) in [4.78, 5) is 18.8. The van der Waals surface area contributed by atoms with Gasteiger partial charge in [-0.15, -0.1) is 0 Å². The van der Waals surface area contributed by atoms with Crippen molar-refractivity contribution >= 4 is 28.2 Å². The van der Waals surface area contributed by atoms with Crippen LogP contribution in [-0.2, 0) is 33.7 Å². The van der Waals surface area contributed by atoms with E-state index in [2.05, 4.69) is 74.7 Å². The molecular formula is C26H27N3O3. The number of aryl methyl sites for hydroxylation is 2. The van der Waals surface area contributed by atoms with Gasteiger partial charge in [0.15, 0.2) is 0 Å². The summed E-state index contributed by atoms with van der Waals surface area (Å²) in [6, 6.07) is 20.8. The Labute approximate surface area is 187 Å². The fourth-order valence-corrected chi connectivity index (χ4v) is 3.68. The number of nitrogens with zero attached hydrogens (tertiary/aromatic N) is 1. The summed E-state index contributed by atoms with van der Waals surface area (Å²) in [5.41, 5.74) is 6.58. The van der Waals surface area contributed by atoms with Gasteiger partial charge in [-0.2, -0.15) is 0 Å². The third-order valence-corrected chi connectivity index (χ3v) is 5.34. The van der Waals surface area contributed by atoms with Crippen LogP contribution in [0.1, 0.15) is 23.2 Å². The van der Waals surface area contributed by atoms with Crippen LogP contribution in [0.15, 0.2) is 73.1 Å². The van der Waals surface area contributed by atoms with Crippen LogP contribution in [0.25, 0.3) is 10.9 Å². The minimum atomic E-state index is -0.402. The number of benzene rings is 2. The summed E-state index contributed by atoms with van der Waals surface area (Å²) >= 11 is 0. The highest BCUT2D eigenvalue weighted by Gasteiger charge is 2.05. The Morgan fingerprint density at radius 3 is 2.72 bits per heavy atom. The van der Waals surface area contributed by atoms with Crippen LogP contribution in [0.3, 0.4) is 0 Å². The summed E-state index contributed by atoms with van der Waals surface area (Å²) in [6.07, 6.45) is 7.05. The van der Waals surface area contributed by atoms with Crippen LogP contribution >= 0.6 is 0 Å². The van der Waals surface area contributed by atoms with E-state index in [1.165, 1.54) is 29.1 Å². The van der Waals surface area contributed by atoms with Crippen molar-refractivity contribution < 1.29 is 14.3 Å². The Bertz CT molecular complexity index is 1170. The zero-order chi connectivity index (χ0) is 22.2. The number of para-hydroxylation sites is 1. The molecule has 0 bridgehead atoms. The number of carbonyl (C=O) groups is 1. The summed E-state index contributed by atoms with van der Waals surface area (Å²) in [5.74, 6) is -0.402. The lowest BCUT2D eigenvalue weighted by Gasteiger charge is -2.09. The third kappa shape index (κ3) is 5.74. The first-order valence-corrected chi connectivity index (χ1v) is 10.7. The molecule has 0 unspecified atom stereocenters. The molecule has 0 fully saturated rings. The van der Waals surface area contributed by atoms with Gasteiger partial charge >= 0.3 is 5.97 Å². The molecule has 2 N–H and O–H groups in total. The average molecular weight is 430 g/mol. The van der Waals surface area contributed by atoms with Gasteiger partial charge in [-0.1, -0.05) is 30.3 Å². The monoisotopic (exact) mass is 429 g/mol. The summed E-state index contributed by atoms with van der Waals surface area (Å²) < 4.78 is 9.88. The van der Waals surface area contributed by atoms with Crippen molar-refractivity contribution in [1.82, 2.24) is 9.97 Å². The highest BCUT2D eigenvalue weighted by molar-refractivity contribution is 5.83. The number of fused-ring (bicyclic) bond motifs is 1. The molecule has 0 saturated carbocycles. The lowest BCUT2D eigenvalue weighted by molar-refractivity contribution is -0.146. The maximum absolute atomic E-state index is 11.1. The molecule has 6 heteroatoms. The van der Waals surface area contributed by atoms with Gasteiger partial charge in [0.05, 0.1) is 19.4 Å². The maximum Gasteiger partial charge on any atom is 0.331 e. The molecule has 2 aromatic heterocycles. The van der Waals surface area contributed by atoms with Crippen molar-refractivity contribution in [3.8, 4) is 0 Å². The average Bonchev–Trinajstić information content (AvgIpc) is 3.23. The molecule has 0 radical (unpaired) electrons. The number of aromatic nitrogens is 2. The molecule has 0 amide bonds. The number of anilines is 2. The Morgan fingerprint density at radius 1 is 1.03 bits per heavy atom. The van der Waals surface area contributed by atoms with Crippen molar-refractivity contribution in [1.29, 1.82) is 0 Å². The first-order chi connectivity index (χ1) is 15.7. The van der Waals surface area contributed by atoms with E-state index in [1.807, 2.05) is 12.1 Å². The Morgan fingerprint density at radius 2 is 1.88 bits per heavy atom. The molecule has 164 valence electrons. The third-order valence-electron chi connectivity index (χ3n) is 5.34. The number of carbonyl (C=O) groups excluding carboxylic acids is 1. The van der Waals surface area contributed by atoms with Crippen molar-refractivity contribution in [3.05, 3.63) is 89.9 Å². The van der Waals surface area contributed by atoms with E-state index in [0.29, 0.717) is 0 Å². The van der Waals surface area contributed by atoms with Crippen molar-refractivity contribution in [2.75, 3.05) is 19.0 Å². The number of pyridine rings is 1. The highest BCUT2D eigenvalue weighted by atomic mass is 16.6. The second-order valence-electron chi connectivity index (χ2n) is 7.64. The molecule has 0 saturated heterocycles. The number of hydrogen-bond acceptors (Lipinski definition) is 5. The van der Waals surface area contributed by atoms with Gasteiger partial charge in [0.25, 0.3) is 0 Å². The Hall–Kier alpha value is -3.64. The lowest BCUT2D eigenvalue weighted by Crippen LogP contribution is -2.10. The smallest absolute Gasteiger partial charge is 0.331 e. The minimum absolute atomic E-state index is 0.0857. The quantitative estimate of drug-likeness (QED) is 0.340. The van der Waals surface area contributed by atoms with E-state index in [-0.39, 0.29) is 13.2 Å². The molecule has 4 aromatic rings. The van der Waals surface area contributed by atoms with Crippen LogP contribution in [0.5, 0.6) is 0 Å². The molecule has 0 aliphatic rings. The first kappa shape index (κ1) is 21.6. The zero-order valence-electron chi connectivity index (χ0n) is 18.1. The van der Waals surface area contributed by atoms with E-state index in [1.54, 1.807) is 6.20 Å². The minimum Gasteiger partial charge on any atom is -0.467 e. The molecule has 2 heterocycles. The molecule has 32 heavy (non-hydrogen) atoms. The van der Waals surface area contributed by atoms with Crippen LogP contribution < -0.4 is 5.32 Å². The second-order valence-corrected chi connectivity index (χ2v) is 7.64. The van der Waals surface area contributed by atoms with Crippen LogP contribution in [0, 0.1) is 0 Å². The van der Waals surface area contributed by atoms with Gasteiger partial charge in [-0.05, 0) is 60.7 Å². The van der Waals surface area contributed by atoms with E-state index in [4.69, 9.17) is 4.74 Å². The number of nitrogens with one attached hydrogen (secondary N) is 2. The van der Waals surface area contributed by atoms with Crippen molar-refractivity contribution in [3.63, 3.8) is 0 Å². The number of ether oxygens (including phenoxy) is 2. The van der Waals surface area contributed by atoms with Crippen molar-refractivity contribution in [2.45, 2.75) is 25.9 Å². The Balaban J connectivity index is 1.27. The number of esters is 1. The topological polar surface area (TPSA) is 76.2 Å². The standard InChI is InChI=1S/C26H27N3O3/c1-31-26(30)18-32-17-23-15-22(13-14-27-23)29-21-11-9-19(10-12-21)5-4-6-20-16-28-25-8-3-2-7-24(20)25/h2-3,7-16,28H,4-6,17-18H2,1H3,(H,27,29). The molecule has 4 rings (SSSR count). The van der Waals surface area contributed by atoms with Crippen LogP contribution in [0.4, 0.5) is 11.4 Å². The fourth-order valence-electron chi connectivity index (χ4n) is 3.68. The van der Waals surface area contributed by atoms with Gasteiger partial charge in [0.2, 0.25) is 0 Å². The van der Waals surface area contributed by atoms with E-state index < -0.39 is 5.97 Å². The van der Waals surface area contributed by atoms with E-state index in [0.717, 1.165) is 36.3 Å². The van der Waals surface area contributed by atoms with Gasteiger partial charge in [-0.25, -0.2) is 4.79 Å². The molecule has 0 spiro atoms. The summed E-state index contributed by atoms with van der Waals surface area (Å²) in [6.45, 7) is 0.164. The highest BCUT2D eigenvalue weighted by Crippen LogP contribution is 2.21.